The zero-order valence-corrected chi connectivity index (χ0v) is 11.8. The number of carbonyl (C=O) groups is 1. The molecule has 4 nitrogen and oxygen atoms in total. The minimum atomic E-state index is -4.65. The summed E-state index contributed by atoms with van der Waals surface area (Å²) in [6.07, 6.45) is -4.72. The Balaban J connectivity index is 2.92. The van der Waals surface area contributed by atoms with Crippen LogP contribution in [0, 0.1) is 0 Å². The van der Waals surface area contributed by atoms with Crippen molar-refractivity contribution in [3.63, 3.8) is 0 Å². The van der Waals surface area contributed by atoms with Crippen molar-refractivity contribution in [3.05, 3.63) is 24.3 Å². The molecule has 0 saturated heterocycles. The molecule has 1 aromatic rings. The van der Waals surface area contributed by atoms with Gasteiger partial charge in [-0.25, -0.2) is 8.42 Å². The van der Waals surface area contributed by atoms with Crippen molar-refractivity contribution in [3.8, 4) is 0 Å². The molecule has 0 spiro atoms. The Hall–Kier alpha value is -1.22. The number of sulfone groups is 1. The molecule has 112 valence electrons. The molecule has 0 aliphatic rings. The Labute approximate surface area is 117 Å². The fourth-order valence-corrected chi connectivity index (χ4v) is 2.92. The van der Waals surface area contributed by atoms with Gasteiger partial charge in [0.1, 0.15) is 5.25 Å². The highest BCUT2D eigenvalue weighted by molar-refractivity contribution is 8.00. The number of hydrogen-bond donors (Lipinski definition) is 1. The average molecular weight is 328 g/mol. The molecule has 1 unspecified atom stereocenters. The zero-order valence-electron chi connectivity index (χ0n) is 10.2. The van der Waals surface area contributed by atoms with E-state index in [0.29, 0.717) is 11.8 Å². The number of alkyl halides is 3. The Bertz CT molecular complexity index is 579. The number of carboxylic acid groups (broad SMARTS) is 1. The summed E-state index contributed by atoms with van der Waals surface area (Å²) >= 11 is 0.343. The first kappa shape index (κ1) is 16.8. The van der Waals surface area contributed by atoms with Crippen LogP contribution in [-0.2, 0) is 14.6 Å². The van der Waals surface area contributed by atoms with Crippen molar-refractivity contribution in [2.45, 2.75) is 27.6 Å². The fraction of sp³-hybridized carbons (Fsp3) is 0.364. The van der Waals surface area contributed by atoms with Gasteiger partial charge < -0.3 is 5.11 Å². The predicted octanol–water partition coefficient (Wildman–Crippen LogP) is 2.59. The summed E-state index contributed by atoms with van der Waals surface area (Å²) in [5, 5.41) is 6.40. The number of halogens is 3. The van der Waals surface area contributed by atoms with Crippen LogP contribution in [0.15, 0.2) is 34.1 Å². The smallest absolute Gasteiger partial charge is 0.401 e. The quantitative estimate of drug-likeness (QED) is 0.841. The molecule has 9 heteroatoms. The highest BCUT2D eigenvalue weighted by Crippen LogP contribution is 2.37. The molecule has 0 amide bonds. The van der Waals surface area contributed by atoms with Crippen molar-refractivity contribution in [1.82, 2.24) is 0 Å². The minimum absolute atomic E-state index is 0.0105. The summed E-state index contributed by atoms with van der Waals surface area (Å²) in [4.78, 5) is 10.6. The van der Waals surface area contributed by atoms with Crippen molar-refractivity contribution < 1.29 is 31.5 Å². The van der Waals surface area contributed by atoms with Gasteiger partial charge in [0.05, 0.1) is 11.3 Å². The first-order valence-electron chi connectivity index (χ1n) is 5.25. The van der Waals surface area contributed by atoms with Gasteiger partial charge in [-0.3, -0.25) is 4.79 Å². The third kappa shape index (κ3) is 5.04. The van der Waals surface area contributed by atoms with Crippen LogP contribution >= 0.6 is 11.8 Å². The van der Waals surface area contributed by atoms with E-state index in [-0.39, 0.29) is 9.79 Å². The van der Waals surface area contributed by atoms with E-state index >= 15 is 0 Å². The molecule has 0 aliphatic heterocycles. The third-order valence-electron chi connectivity index (χ3n) is 2.26. The number of thioether (sulfide) groups is 1. The van der Waals surface area contributed by atoms with E-state index in [9.17, 15) is 26.4 Å². The minimum Gasteiger partial charge on any atom is -0.481 e. The number of rotatable bonds is 5. The van der Waals surface area contributed by atoms with Gasteiger partial charge in [-0.05, 0) is 24.3 Å². The molecule has 1 aromatic carbocycles. The second-order valence-corrected chi connectivity index (χ2v) is 7.28. The molecule has 1 N–H and O–H groups in total. The molecule has 0 radical (unpaired) electrons. The van der Waals surface area contributed by atoms with Crippen LogP contribution in [0.1, 0.15) is 6.42 Å². The number of carboxylic acids is 1. The largest absolute Gasteiger partial charge is 0.481 e. The molecule has 0 aromatic heterocycles. The first-order valence-corrected chi connectivity index (χ1v) is 8.02. The van der Waals surface area contributed by atoms with E-state index in [1.807, 2.05) is 0 Å². The van der Waals surface area contributed by atoms with Crippen LogP contribution in [0.25, 0.3) is 0 Å². The second-order valence-electron chi connectivity index (χ2n) is 3.99. The van der Waals surface area contributed by atoms with Gasteiger partial charge >= 0.3 is 12.1 Å². The molecule has 1 rings (SSSR count). The first-order chi connectivity index (χ1) is 9.00. The maximum atomic E-state index is 12.7. The van der Waals surface area contributed by atoms with Crippen LogP contribution < -0.4 is 0 Å². The molecule has 0 aliphatic carbocycles. The zero-order chi connectivity index (χ0) is 15.6. The van der Waals surface area contributed by atoms with E-state index < -0.39 is 33.7 Å². The van der Waals surface area contributed by atoms with Gasteiger partial charge in [-0.15, -0.1) is 11.8 Å². The van der Waals surface area contributed by atoms with Gasteiger partial charge in [0, 0.05) is 11.2 Å². The van der Waals surface area contributed by atoms with E-state index in [2.05, 4.69) is 0 Å². The Morgan fingerprint density at radius 2 is 1.80 bits per heavy atom. The molecule has 0 fully saturated rings. The standard InChI is InChI=1S/C11H11F3O4S2/c1-20(17,18)8-4-2-7(3-5-8)19-9(6-10(15)16)11(12,13)14/h2-5,9H,6H2,1H3,(H,15,16). The van der Waals surface area contributed by atoms with Crippen molar-refractivity contribution in [2.75, 3.05) is 6.26 Å². The summed E-state index contributed by atoms with van der Waals surface area (Å²) in [7, 11) is -3.42. The Kier molecular flexibility index (Phi) is 5.09. The van der Waals surface area contributed by atoms with E-state index in [4.69, 9.17) is 5.11 Å². The summed E-state index contributed by atoms with van der Waals surface area (Å²) < 4.78 is 60.4. The lowest BCUT2D eigenvalue weighted by atomic mass is 10.3. The molecule has 20 heavy (non-hydrogen) atoms. The van der Waals surface area contributed by atoms with Crippen LogP contribution in [0.4, 0.5) is 13.2 Å². The third-order valence-corrected chi connectivity index (χ3v) is 4.65. The Morgan fingerprint density at radius 3 is 2.15 bits per heavy atom. The highest BCUT2D eigenvalue weighted by Gasteiger charge is 2.41. The molecule has 0 heterocycles. The second kappa shape index (κ2) is 6.04. The highest BCUT2D eigenvalue weighted by atomic mass is 32.2. The summed E-state index contributed by atoms with van der Waals surface area (Å²) in [6.45, 7) is 0. The van der Waals surface area contributed by atoms with Crippen molar-refractivity contribution in [1.29, 1.82) is 0 Å². The van der Waals surface area contributed by atoms with Crippen LogP contribution in [0.5, 0.6) is 0 Å². The van der Waals surface area contributed by atoms with Gasteiger partial charge in [0.25, 0.3) is 0 Å². The molecular weight excluding hydrogens is 317 g/mol. The van der Waals surface area contributed by atoms with Crippen molar-refractivity contribution >= 4 is 27.6 Å². The molecule has 0 saturated carbocycles. The van der Waals surface area contributed by atoms with Crippen LogP contribution in [0.3, 0.4) is 0 Å². The lowest BCUT2D eigenvalue weighted by Gasteiger charge is -2.18. The van der Waals surface area contributed by atoms with Crippen LogP contribution in [-0.4, -0.2) is 37.2 Å². The number of benzene rings is 1. The van der Waals surface area contributed by atoms with Gasteiger partial charge in [-0.2, -0.15) is 13.2 Å². The molecule has 0 bridgehead atoms. The lowest BCUT2D eigenvalue weighted by Crippen LogP contribution is -2.28. The normalized spacial score (nSPS) is 14.0. The predicted molar refractivity (Wildman–Crippen MR) is 67.5 cm³/mol. The molecule has 1 atom stereocenters. The maximum Gasteiger partial charge on any atom is 0.401 e. The maximum absolute atomic E-state index is 12.7. The van der Waals surface area contributed by atoms with Crippen LogP contribution in [0.2, 0.25) is 0 Å². The monoisotopic (exact) mass is 328 g/mol. The Morgan fingerprint density at radius 1 is 1.30 bits per heavy atom. The summed E-state index contributed by atoms with van der Waals surface area (Å²) in [5.41, 5.74) is 0. The molecular formula is C11H11F3O4S2. The fourth-order valence-electron chi connectivity index (χ4n) is 1.31. The van der Waals surface area contributed by atoms with E-state index in [0.717, 1.165) is 6.26 Å². The number of aliphatic carboxylic acids is 1. The van der Waals surface area contributed by atoms with E-state index in [1.165, 1.54) is 24.3 Å². The van der Waals surface area contributed by atoms with Gasteiger partial charge in [0.15, 0.2) is 9.84 Å². The SMILES string of the molecule is CS(=O)(=O)c1ccc(SC(CC(=O)O)C(F)(F)F)cc1. The number of hydrogen-bond acceptors (Lipinski definition) is 4. The lowest BCUT2D eigenvalue weighted by molar-refractivity contribution is -0.149. The van der Waals surface area contributed by atoms with Crippen molar-refractivity contribution in [2.24, 2.45) is 0 Å². The topological polar surface area (TPSA) is 71.4 Å². The summed E-state index contributed by atoms with van der Waals surface area (Å²) in [5.74, 6) is -1.55. The van der Waals surface area contributed by atoms with Gasteiger partial charge in [-0.1, -0.05) is 0 Å². The average Bonchev–Trinajstić information content (AvgIpc) is 2.25. The van der Waals surface area contributed by atoms with Gasteiger partial charge in [0.2, 0.25) is 0 Å². The van der Waals surface area contributed by atoms with E-state index in [1.54, 1.807) is 0 Å². The summed E-state index contributed by atoms with van der Waals surface area (Å²) in [6, 6.07) is 4.82.